The van der Waals surface area contributed by atoms with Crippen LogP contribution in [0.1, 0.15) is 38.7 Å². The molecule has 1 aromatic carbocycles. The van der Waals surface area contributed by atoms with Gasteiger partial charge < -0.3 is 5.32 Å². The fraction of sp³-hybridized carbons (Fsp3) is 0.571. The van der Waals surface area contributed by atoms with E-state index in [4.69, 9.17) is 0 Å². The van der Waals surface area contributed by atoms with E-state index in [0.717, 1.165) is 0 Å². The van der Waals surface area contributed by atoms with Crippen LogP contribution in [0.3, 0.4) is 0 Å². The average Bonchev–Trinajstić information content (AvgIpc) is 2.50. The monoisotopic (exact) mass is 203 g/mol. The van der Waals surface area contributed by atoms with Gasteiger partial charge in [-0.25, -0.2) is 0 Å². The summed E-state index contributed by atoms with van der Waals surface area (Å²) in [6, 6.07) is 9.37. The summed E-state index contributed by atoms with van der Waals surface area (Å²) < 4.78 is 0. The predicted molar refractivity (Wildman–Crippen MR) is 66.2 cm³/mol. The SMILES string of the molecule is Cc1ccc(NC2CCC(C)(C)C2)cc1. The highest BCUT2D eigenvalue weighted by Gasteiger charge is 2.30. The molecule has 1 N–H and O–H groups in total. The van der Waals surface area contributed by atoms with Crippen molar-refractivity contribution < 1.29 is 0 Å². The third-order valence-corrected chi connectivity index (χ3v) is 3.39. The Hall–Kier alpha value is -0.980. The molecule has 2 rings (SSSR count). The summed E-state index contributed by atoms with van der Waals surface area (Å²) in [6.07, 6.45) is 3.94. The smallest absolute Gasteiger partial charge is 0.0342 e. The highest BCUT2D eigenvalue weighted by molar-refractivity contribution is 5.45. The Morgan fingerprint density at radius 3 is 2.40 bits per heavy atom. The van der Waals surface area contributed by atoms with Gasteiger partial charge in [0.2, 0.25) is 0 Å². The molecule has 0 radical (unpaired) electrons. The predicted octanol–water partition coefficient (Wildman–Crippen LogP) is 3.99. The maximum absolute atomic E-state index is 3.62. The zero-order chi connectivity index (χ0) is 10.9. The van der Waals surface area contributed by atoms with Crippen LogP contribution in [0.5, 0.6) is 0 Å². The van der Waals surface area contributed by atoms with Crippen LogP contribution in [0.4, 0.5) is 5.69 Å². The molecule has 0 aliphatic heterocycles. The van der Waals surface area contributed by atoms with Gasteiger partial charge in [-0.15, -0.1) is 0 Å². The molecule has 1 aliphatic rings. The molecule has 0 heterocycles. The fourth-order valence-corrected chi connectivity index (χ4v) is 2.44. The standard InChI is InChI=1S/C14H21N/c1-11-4-6-12(7-5-11)15-13-8-9-14(2,3)10-13/h4-7,13,15H,8-10H2,1-3H3. The normalized spacial score (nSPS) is 24.1. The van der Waals surface area contributed by atoms with Crippen LogP contribution >= 0.6 is 0 Å². The fourth-order valence-electron chi connectivity index (χ4n) is 2.44. The van der Waals surface area contributed by atoms with Crippen molar-refractivity contribution in [1.82, 2.24) is 0 Å². The Labute approximate surface area is 92.9 Å². The zero-order valence-electron chi connectivity index (χ0n) is 10.0. The van der Waals surface area contributed by atoms with Crippen LogP contribution in [0, 0.1) is 12.3 Å². The van der Waals surface area contributed by atoms with Gasteiger partial charge in [0.1, 0.15) is 0 Å². The summed E-state index contributed by atoms with van der Waals surface area (Å²) in [6.45, 7) is 6.86. The van der Waals surface area contributed by atoms with Gasteiger partial charge in [0.15, 0.2) is 0 Å². The highest BCUT2D eigenvalue weighted by Crippen LogP contribution is 2.38. The molecule has 0 saturated heterocycles. The quantitative estimate of drug-likeness (QED) is 0.766. The molecule has 0 aromatic heterocycles. The van der Waals surface area contributed by atoms with Crippen LogP contribution in [0.2, 0.25) is 0 Å². The third kappa shape index (κ3) is 2.74. The summed E-state index contributed by atoms with van der Waals surface area (Å²) in [4.78, 5) is 0. The lowest BCUT2D eigenvalue weighted by atomic mass is 9.92. The molecule has 1 aliphatic carbocycles. The minimum absolute atomic E-state index is 0.530. The van der Waals surface area contributed by atoms with Gasteiger partial charge >= 0.3 is 0 Å². The van der Waals surface area contributed by atoms with Gasteiger partial charge in [-0.1, -0.05) is 31.5 Å². The second kappa shape index (κ2) is 3.88. The Bertz CT molecular complexity index is 324. The van der Waals surface area contributed by atoms with E-state index < -0.39 is 0 Å². The number of benzene rings is 1. The lowest BCUT2D eigenvalue weighted by Gasteiger charge is -2.18. The van der Waals surface area contributed by atoms with Crippen molar-refractivity contribution in [3.8, 4) is 0 Å². The van der Waals surface area contributed by atoms with Crippen LogP contribution in [-0.2, 0) is 0 Å². The summed E-state index contributed by atoms with van der Waals surface area (Å²) in [7, 11) is 0. The maximum atomic E-state index is 3.62. The highest BCUT2D eigenvalue weighted by atomic mass is 14.9. The molecular formula is C14H21N. The van der Waals surface area contributed by atoms with Crippen LogP contribution < -0.4 is 5.32 Å². The van der Waals surface area contributed by atoms with Crippen LogP contribution in [0.15, 0.2) is 24.3 Å². The third-order valence-electron chi connectivity index (χ3n) is 3.39. The first kappa shape index (κ1) is 10.5. The Morgan fingerprint density at radius 2 is 1.87 bits per heavy atom. The lowest BCUT2D eigenvalue weighted by Crippen LogP contribution is -2.17. The number of aryl methyl sites for hydroxylation is 1. The molecule has 1 saturated carbocycles. The first-order valence-electron chi connectivity index (χ1n) is 5.88. The van der Waals surface area contributed by atoms with Gasteiger partial charge in [0.25, 0.3) is 0 Å². The van der Waals surface area contributed by atoms with Gasteiger partial charge in [-0.05, 0) is 43.7 Å². The molecule has 1 unspecified atom stereocenters. The van der Waals surface area contributed by atoms with Gasteiger partial charge in [-0.3, -0.25) is 0 Å². The number of anilines is 1. The average molecular weight is 203 g/mol. The van der Waals surface area contributed by atoms with Crippen molar-refractivity contribution >= 4 is 5.69 Å². The number of hydrogen-bond acceptors (Lipinski definition) is 1. The largest absolute Gasteiger partial charge is 0.382 e. The molecule has 1 fully saturated rings. The number of rotatable bonds is 2. The van der Waals surface area contributed by atoms with Crippen molar-refractivity contribution in [2.45, 2.75) is 46.1 Å². The second-order valence-corrected chi connectivity index (χ2v) is 5.61. The van der Waals surface area contributed by atoms with E-state index in [1.54, 1.807) is 0 Å². The van der Waals surface area contributed by atoms with Crippen molar-refractivity contribution in [3.63, 3.8) is 0 Å². The molecule has 1 heteroatoms. The van der Waals surface area contributed by atoms with Crippen molar-refractivity contribution in [3.05, 3.63) is 29.8 Å². The zero-order valence-corrected chi connectivity index (χ0v) is 10.0. The minimum atomic E-state index is 0.530. The van der Waals surface area contributed by atoms with Gasteiger partial charge in [0, 0.05) is 11.7 Å². The first-order valence-corrected chi connectivity index (χ1v) is 5.88. The van der Waals surface area contributed by atoms with E-state index in [1.807, 2.05) is 0 Å². The van der Waals surface area contributed by atoms with Crippen LogP contribution in [0.25, 0.3) is 0 Å². The van der Waals surface area contributed by atoms with E-state index >= 15 is 0 Å². The molecule has 15 heavy (non-hydrogen) atoms. The van der Waals surface area contributed by atoms with E-state index in [9.17, 15) is 0 Å². The summed E-state index contributed by atoms with van der Waals surface area (Å²) >= 11 is 0. The molecule has 0 amide bonds. The Morgan fingerprint density at radius 1 is 1.20 bits per heavy atom. The first-order chi connectivity index (χ1) is 7.05. The van der Waals surface area contributed by atoms with E-state index in [2.05, 4.69) is 50.4 Å². The van der Waals surface area contributed by atoms with Gasteiger partial charge in [0.05, 0.1) is 0 Å². The van der Waals surface area contributed by atoms with Crippen molar-refractivity contribution in [1.29, 1.82) is 0 Å². The summed E-state index contributed by atoms with van der Waals surface area (Å²) in [5.41, 5.74) is 3.12. The molecule has 1 aromatic rings. The molecule has 82 valence electrons. The molecule has 0 bridgehead atoms. The number of hydrogen-bond donors (Lipinski definition) is 1. The maximum Gasteiger partial charge on any atom is 0.0342 e. The number of nitrogens with one attached hydrogen (secondary N) is 1. The van der Waals surface area contributed by atoms with Gasteiger partial charge in [-0.2, -0.15) is 0 Å². The van der Waals surface area contributed by atoms with E-state index in [-0.39, 0.29) is 0 Å². The summed E-state index contributed by atoms with van der Waals surface area (Å²) in [5, 5.41) is 3.62. The minimum Gasteiger partial charge on any atom is -0.382 e. The van der Waals surface area contributed by atoms with E-state index in [0.29, 0.717) is 11.5 Å². The molecule has 1 atom stereocenters. The van der Waals surface area contributed by atoms with E-state index in [1.165, 1.54) is 30.5 Å². The topological polar surface area (TPSA) is 12.0 Å². The van der Waals surface area contributed by atoms with Crippen molar-refractivity contribution in [2.24, 2.45) is 5.41 Å². The Kier molecular flexibility index (Phi) is 2.72. The second-order valence-electron chi connectivity index (χ2n) is 5.61. The lowest BCUT2D eigenvalue weighted by molar-refractivity contribution is 0.378. The van der Waals surface area contributed by atoms with Crippen molar-refractivity contribution in [2.75, 3.05) is 5.32 Å². The van der Waals surface area contributed by atoms with Crippen LogP contribution in [-0.4, -0.2) is 6.04 Å². The molecule has 0 spiro atoms. The summed E-state index contributed by atoms with van der Waals surface area (Å²) in [5.74, 6) is 0. The molecular weight excluding hydrogens is 182 g/mol. The Balaban J connectivity index is 1.96. The molecule has 1 nitrogen and oxygen atoms in total.